The first-order valence-electron chi connectivity index (χ1n) is 6.51. The van der Waals surface area contributed by atoms with Gasteiger partial charge in [0.05, 0.1) is 6.04 Å². The first-order valence-corrected chi connectivity index (χ1v) is 7.87. The molecule has 106 valence electrons. The number of rotatable bonds is 2. The van der Waals surface area contributed by atoms with Gasteiger partial charge in [0.2, 0.25) is 0 Å². The molecular formula is C15H11NO4S. The summed E-state index contributed by atoms with van der Waals surface area (Å²) in [5, 5.41) is 0. The van der Waals surface area contributed by atoms with Gasteiger partial charge in [-0.15, -0.1) is 4.31 Å². The van der Waals surface area contributed by atoms with E-state index in [-0.39, 0.29) is 5.78 Å². The van der Waals surface area contributed by atoms with E-state index in [0.29, 0.717) is 11.3 Å². The summed E-state index contributed by atoms with van der Waals surface area (Å²) in [6.45, 7) is 0. The second kappa shape index (κ2) is 4.16. The maximum absolute atomic E-state index is 12.5. The molecule has 21 heavy (non-hydrogen) atoms. The Morgan fingerprint density at radius 1 is 1.00 bits per heavy atom. The third kappa shape index (κ3) is 1.80. The van der Waals surface area contributed by atoms with Crippen LogP contribution in [0, 0.1) is 0 Å². The molecule has 1 unspecified atom stereocenters. The normalized spacial score (nSPS) is 27.9. The van der Waals surface area contributed by atoms with E-state index in [1.165, 1.54) is 0 Å². The summed E-state index contributed by atoms with van der Waals surface area (Å²) in [7, 11) is -3.89. The van der Waals surface area contributed by atoms with Crippen LogP contribution in [0.4, 0.5) is 0 Å². The third-order valence-electron chi connectivity index (χ3n) is 3.78. The van der Waals surface area contributed by atoms with Crippen molar-refractivity contribution >= 4 is 16.1 Å². The quantitative estimate of drug-likeness (QED) is 0.628. The van der Waals surface area contributed by atoms with Crippen molar-refractivity contribution in [3.63, 3.8) is 0 Å². The van der Waals surface area contributed by atoms with Gasteiger partial charge in [-0.2, -0.15) is 8.42 Å². The summed E-state index contributed by atoms with van der Waals surface area (Å²) < 4.78 is 30.3. The number of hydrogen-bond acceptors (Lipinski definition) is 4. The Hall–Kier alpha value is -2.18. The van der Waals surface area contributed by atoms with Crippen LogP contribution >= 0.6 is 0 Å². The minimum absolute atomic E-state index is 0.204. The number of ketones is 1. The summed E-state index contributed by atoms with van der Waals surface area (Å²) in [6, 6.07) is 14.5. The molecule has 0 saturated carbocycles. The molecule has 1 saturated heterocycles. The van der Waals surface area contributed by atoms with Crippen LogP contribution in [0.1, 0.15) is 22.0 Å². The van der Waals surface area contributed by atoms with Crippen LogP contribution in [0.5, 0.6) is 5.75 Å². The van der Waals surface area contributed by atoms with E-state index in [0.717, 1.165) is 9.87 Å². The van der Waals surface area contributed by atoms with E-state index < -0.39 is 22.4 Å². The van der Waals surface area contributed by atoms with Crippen molar-refractivity contribution in [3.8, 4) is 5.75 Å². The predicted molar refractivity (Wildman–Crippen MR) is 75.1 cm³/mol. The van der Waals surface area contributed by atoms with Gasteiger partial charge in [0.1, 0.15) is 11.8 Å². The van der Waals surface area contributed by atoms with Crippen molar-refractivity contribution in [2.45, 2.75) is 12.1 Å². The van der Waals surface area contributed by atoms with Crippen molar-refractivity contribution in [1.82, 2.24) is 4.31 Å². The zero-order chi connectivity index (χ0) is 14.6. The maximum Gasteiger partial charge on any atom is 0.386 e. The zero-order valence-corrected chi connectivity index (χ0v) is 11.7. The number of hydrogen-bond donors (Lipinski definition) is 0. The Morgan fingerprint density at radius 2 is 1.67 bits per heavy atom. The fourth-order valence-electron chi connectivity index (χ4n) is 2.79. The largest absolute Gasteiger partial charge is 0.386 e. The highest BCUT2D eigenvalue weighted by Gasteiger charge is 2.64. The van der Waals surface area contributed by atoms with Gasteiger partial charge in [-0.3, -0.25) is 4.79 Å². The predicted octanol–water partition coefficient (Wildman–Crippen LogP) is 1.93. The van der Waals surface area contributed by atoms with Gasteiger partial charge in [-0.05, 0) is 6.07 Å². The minimum Gasteiger partial charge on any atom is -0.370 e. The molecule has 2 heterocycles. The second-order valence-electron chi connectivity index (χ2n) is 5.03. The molecule has 2 aromatic rings. The van der Waals surface area contributed by atoms with Crippen molar-refractivity contribution in [1.29, 1.82) is 0 Å². The molecule has 3 atom stereocenters. The average Bonchev–Trinajstić information content (AvgIpc) is 3.24. The van der Waals surface area contributed by atoms with Gasteiger partial charge in [-0.1, -0.05) is 48.5 Å². The second-order valence-corrected chi connectivity index (χ2v) is 6.47. The lowest BCUT2D eigenvalue weighted by atomic mass is 10.0. The van der Waals surface area contributed by atoms with Gasteiger partial charge >= 0.3 is 10.3 Å². The average molecular weight is 301 g/mol. The van der Waals surface area contributed by atoms with Gasteiger partial charge in [0.25, 0.3) is 0 Å². The molecule has 0 bridgehead atoms. The Bertz CT molecular complexity index is 832. The molecule has 0 amide bonds. The first-order chi connectivity index (χ1) is 10.1. The van der Waals surface area contributed by atoms with E-state index in [1.54, 1.807) is 48.5 Å². The van der Waals surface area contributed by atoms with Gasteiger partial charge in [-0.25, -0.2) is 0 Å². The Morgan fingerprint density at radius 3 is 2.43 bits per heavy atom. The molecule has 5 nitrogen and oxygen atoms in total. The maximum atomic E-state index is 12.5. The highest BCUT2D eigenvalue weighted by molar-refractivity contribution is 7.85. The highest BCUT2D eigenvalue weighted by Crippen LogP contribution is 2.53. The van der Waals surface area contributed by atoms with Gasteiger partial charge in [0, 0.05) is 11.1 Å². The summed E-state index contributed by atoms with van der Waals surface area (Å²) in [5.41, 5.74) is 1.24. The molecule has 0 aliphatic carbocycles. The molecule has 0 N–H and O–H groups in total. The molecule has 1 fully saturated rings. The minimum atomic E-state index is -3.89. The molecule has 6 heteroatoms. The monoisotopic (exact) mass is 301 g/mol. The lowest BCUT2D eigenvalue weighted by Crippen LogP contribution is -2.25. The number of para-hydroxylation sites is 1. The zero-order valence-electron chi connectivity index (χ0n) is 10.8. The van der Waals surface area contributed by atoms with E-state index >= 15 is 0 Å². The number of carbonyl (C=O) groups is 1. The molecule has 0 spiro atoms. The van der Waals surface area contributed by atoms with Crippen LogP contribution in [-0.4, -0.2) is 24.5 Å². The third-order valence-corrected chi connectivity index (χ3v) is 5.14. The van der Waals surface area contributed by atoms with Crippen LogP contribution in [0.25, 0.3) is 0 Å². The molecular weight excluding hydrogens is 290 g/mol. The highest BCUT2D eigenvalue weighted by atomic mass is 32.2. The van der Waals surface area contributed by atoms with Crippen molar-refractivity contribution in [2.75, 3.05) is 0 Å². The van der Waals surface area contributed by atoms with Crippen LogP contribution in [0.2, 0.25) is 0 Å². The summed E-state index contributed by atoms with van der Waals surface area (Å²) in [5.74, 6) is 0.103. The van der Waals surface area contributed by atoms with Crippen LogP contribution in [0.3, 0.4) is 0 Å². The first kappa shape index (κ1) is 12.6. The molecule has 0 aromatic heterocycles. The summed E-state index contributed by atoms with van der Waals surface area (Å²) >= 11 is 0. The van der Waals surface area contributed by atoms with Gasteiger partial charge < -0.3 is 4.18 Å². The number of carbonyl (C=O) groups excluding carboxylic acids is 1. The molecule has 4 rings (SSSR count). The number of nitrogens with zero attached hydrogens (tertiary/aromatic N) is 1. The Balaban J connectivity index is 1.77. The van der Waals surface area contributed by atoms with Crippen LogP contribution < -0.4 is 4.18 Å². The van der Waals surface area contributed by atoms with Gasteiger partial charge in [0.15, 0.2) is 5.78 Å². The Kier molecular flexibility index (Phi) is 2.49. The van der Waals surface area contributed by atoms with E-state index in [1.807, 2.05) is 6.07 Å². The Labute approximate surface area is 122 Å². The van der Waals surface area contributed by atoms with Crippen molar-refractivity contribution < 1.29 is 17.4 Å². The molecule has 0 radical (unpaired) electrons. The van der Waals surface area contributed by atoms with Crippen molar-refractivity contribution in [3.05, 3.63) is 65.7 Å². The standard InChI is InChI=1S/C15H11NO4S/c17-15(10-6-2-1-3-7-10)14-13-11-8-4-5-9-12(11)20-21(18,19)16(13)14/h1-9,13-14H/t13-,14+,16?/m0/s1. The summed E-state index contributed by atoms with van der Waals surface area (Å²) in [6.07, 6.45) is 0. The topological polar surface area (TPSA) is 63.5 Å². The van der Waals surface area contributed by atoms with E-state index in [4.69, 9.17) is 4.18 Å². The summed E-state index contributed by atoms with van der Waals surface area (Å²) in [4.78, 5) is 12.5. The van der Waals surface area contributed by atoms with Crippen LogP contribution in [-0.2, 0) is 10.3 Å². The number of benzene rings is 2. The lowest BCUT2D eigenvalue weighted by Gasteiger charge is -2.15. The molecule has 2 aromatic carbocycles. The number of Topliss-reactive ketones (excluding diaryl/α,β-unsaturated/α-hetero) is 1. The number of fused-ring (bicyclic) bond motifs is 3. The van der Waals surface area contributed by atoms with Crippen LogP contribution in [0.15, 0.2) is 54.6 Å². The lowest BCUT2D eigenvalue weighted by molar-refractivity contribution is 0.0980. The fraction of sp³-hybridized carbons (Fsp3) is 0.133. The van der Waals surface area contributed by atoms with E-state index in [2.05, 4.69) is 0 Å². The van der Waals surface area contributed by atoms with E-state index in [9.17, 15) is 13.2 Å². The molecule has 2 aliphatic heterocycles. The smallest absolute Gasteiger partial charge is 0.370 e. The van der Waals surface area contributed by atoms with Crippen molar-refractivity contribution in [2.24, 2.45) is 0 Å². The SMILES string of the molecule is O=C(c1ccccc1)[C@H]1[C@@H]2c3ccccc3OS(=O)(=O)N12. The fourth-order valence-corrected chi connectivity index (χ4v) is 4.19. The molecule has 2 aliphatic rings.